The van der Waals surface area contributed by atoms with Crippen LogP contribution in [0.3, 0.4) is 0 Å². The molecule has 0 fully saturated rings. The summed E-state index contributed by atoms with van der Waals surface area (Å²) in [6.07, 6.45) is 1.80. The molecule has 0 radical (unpaired) electrons. The largest absolute Gasteiger partial charge is 0.347 e. The zero-order valence-corrected chi connectivity index (χ0v) is 15.2. The molecular weight excluding hydrogens is 426 g/mol. The minimum absolute atomic E-state index is 0.0477. The van der Waals surface area contributed by atoms with Gasteiger partial charge >= 0.3 is 0 Å². The Bertz CT molecular complexity index is 436. The summed E-state index contributed by atoms with van der Waals surface area (Å²) in [5, 5.41) is 3.98. The Hall–Kier alpha value is 0.130. The van der Waals surface area contributed by atoms with Crippen molar-refractivity contribution in [3.8, 4) is 0 Å². The molecule has 0 bridgehead atoms. The lowest BCUT2D eigenvalue weighted by atomic mass is 9.95. The molecule has 18 heavy (non-hydrogen) atoms. The lowest BCUT2D eigenvalue weighted by Gasteiger charge is -2.29. The smallest absolute Gasteiger partial charge is 0.252 e. The van der Waals surface area contributed by atoms with Crippen LogP contribution in [0, 0.1) is 0 Å². The summed E-state index contributed by atoms with van der Waals surface area (Å²) in [6, 6.07) is 5.59. The Balaban J connectivity index is 2.90. The van der Waals surface area contributed by atoms with Crippen molar-refractivity contribution in [3.63, 3.8) is 0 Å². The maximum atomic E-state index is 12.3. The molecule has 0 aromatic heterocycles. The van der Waals surface area contributed by atoms with Crippen molar-refractivity contribution in [1.82, 2.24) is 5.32 Å². The van der Waals surface area contributed by atoms with E-state index in [1.165, 1.54) is 0 Å². The summed E-state index contributed by atoms with van der Waals surface area (Å²) in [5.74, 6) is -0.0477. The van der Waals surface area contributed by atoms with E-state index in [9.17, 15) is 4.79 Å². The maximum Gasteiger partial charge on any atom is 0.252 e. The predicted molar refractivity (Wildman–Crippen MR) is 86.4 cm³/mol. The number of hydrogen-bond acceptors (Lipinski definition) is 1. The number of carbonyl (C=O) groups excluding carboxylic acids is 1. The van der Waals surface area contributed by atoms with E-state index in [-0.39, 0.29) is 11.4 Å². The lowest BCUT2D eigenvalue weighted by molar-refractivity contribution is 0.0901. The maximum absolute atomic E-state index is 12.3. The van der Waals surface area contributed by atoms with Gasteiger partial charge in [-0.15, -0.1) is 0 Å². The van der Waals surface area contributed by atoms with Crippen LogP contribution in [0.25, 0.3) is 0 Å². The molecule has 1 atom stereocenters. The van der Waals surface area contributed by atoms with Gasteiger partial charge in [0.1, 0.15) is 0 Å². The molecular formula is C13H16Br3NO. The van der Waals surface area contributed by atoms with E-state index in [4.69, 9.17) is 0 Å². The Morgan fingerprint density at radius 1 is 1.39 bits per heavy atom. The van der Waals surface area contributed by atoms with Gasteiger partial charge in [0.25, 0.3) is 5.91 Å². The summed E-state index contributed by atoms with van der Waals surface area (Å²) in [6.45, 7) is 4.15. The first-order valence-electron chi connectivity index (χ1n) is 5.75. The van der Waals surface area contributed by atoms with Crippen molar-refractivity contribution in [2.45, 2.75) is 32.2 Å². The van der Waals surface area contributed by atoms with Crippen LogP contribution >= 0.6 is 47.8 Å². The molecule has 0 spiro atoms. The third-order valence-corrected chi connectivity index (χ3v) is 4.60. The molecule has 1 N–H and O–H groups in total. The highest BCUT2D eigenvalue weighted by molar-refractivity contribution is 9.11. The van der Waals surface area contributed by atoms with Gasteiger partial charge in [-0.2, -0.15) is 0 Å². The van der Waals surface area contributed by atoms with E-state index in [1.807, 2.05) is 18.2 Å². The van der Waals surface area contributed by atoms with Gasteiger partial charge in [-0.3, -0.25) is 4.79 Å². The van der Waals surface area contributed by atoms with Crippen molar-refractivity contribution < 1.29 is 4.79 Å². The molecule has 0 aliphatic rings. The lowest BCUT2D eigenvalue weighted by Crippen LogP contribution is -2.45. The Labute approximate surface area is 133 Å². The number of nitrogens with one attached hydrogen (secondary N) is 1. The van der Waals surface area contributed by atoms with Crippen molar-refractivity contribution in [3.05, 3.63) is 32.7 Å². The highest BCUT2D eigenvalue weighted by atomic mass is 79.9. The van der Waals surface area contributed by atoms with Gasteiger partial charge in [-0.1, -0.05) is 38.8 Å². The molecule has 1 rings (SSSR count). The van der Waals surface area contributed by atoms with Gasteiger partial charge in [0.2, 0.25) is 0 Å². The van der Waals surface area contributed by atoms with E-state index in [2.05, 4.69) is 67.0 Å². The van der Waals surface area contributed by atoms with E-state index in [1.54, 1.807) is 0 Å². The van der Waals surface area contributed by atoms with Crippen LogP contribution in [0.5, 0.6) is 0 Å². The van der Waals surface area contributed by atoms with Crippen LogP contribution in [0.4, 0.5) is 0 Å². The molecule has 0 heterocycles. The standard InChI is InChI=1S/C13H16Br3NO/c1-3-13(2,6-7-14)17-12(18)10-8-9(15)4-5-11(10)16/h4-5,8H,3,6-7H2,1-2H3,(H,17,18). The number of alkyl halides is 1. The van der Waals surface area contributed by atoms with Crippen LogP contribution in [0.1, 0.15) is 37.0 Å². The number of hydrogen-bond donors (Lipinski definition) is 1. The molecule has 1 unspecified atom stereocenters. The van der Waals surface area contributed by atoms with Crippen molar-refractivity contribution in [2.75, 3.05) is 5.33 Å². The highest BCUT2D eigenvalue weighted by Gasteiger charge is 2.24. The fourth-order valence-corrected chi connectivity index (χ4v) is 3.21. The third-order valence-electron chi connectivity index (χ3n) is 3.01. The summed E-state index contributed by atoms with van der Waals surface area (Å²) in [7, 11) is 0. The van der Waals surface area contributed by atoms with Gasteiger partial charge in [-0.05, 0) is 53.9 Å². The Morgan fingerprint density at radius 2 is 2.06 bits per heavy atom. The predicted octanol–water partition coefficient (Wildman–Crippen LogP) is 4.90. The molecule has 1 amide bonds. The SMILES string of the molecule is CCC(C)(CCBr)NC(=O)c1cc(Br)ccc1Br. The van der Waals surface area contributed by atoms with E-state index >= 15 is 0 Å². The van der Waals surface area contributed by atoms with Crippen LogP contribution in [0.15, 0.2) is 27.1 Å². The quantitative estimate of drug-likeness (QED) is 0.647. The molecule has 5 heteroatoms. The fraction of sp³-hybridized carbons (Fsp3) is 0.462. The zero-order valence-electron chi connectivity index (χ0n) is 10.4. The van der Waals surface area contributed by atoms with E-state index in [0.717, 1.165) is 27.1 Å². The van der Waals surface area contributed by atoms with Crippen LogP contribution in [-0.4, -0.2) is 16.8 Å². The second kappa shape index (κ2) is 7.06. The first-order valence-corrected chi connectivity index (χ1v) is 8.46. The van der Waals surface area contributed by atoms with E-state index < -0.39 is 0 Å². The third kappa shape index (κ3) is 4.35. The minimum Gasteiger partial charge on any atom is -0.347 e. The number of amides is 1. The van der Waals surface area contributed by atoms with E-state index in [0.29, 0.717) is 5.56 Å². The molecule has 0 saturated carbocycles. The molecule has 0 aliphatic heterocycles. The first kappa shape index (κ1) is 16.2. The van der Waals surface area contributed by atoms with Gasteiger partial charge < -0.3 is 5.32 Å². The van der Waals surface area contributed by atoms with Crippen LogP contribution in [0.2, 0.25) is 0 Å². The monoisotopic (exact) mass is 439 g/mol. The normalized spacial score (nSPS) is 14.1. The van der Waals surface area contributed by atoms with Crippen molar-refractivity contribution in [1.29, 1.82) is 0 Å². The second-order valence-corrected chi connectivity index (χ2v) is 6.99. The molecule has 0 aliphatic carbocycles. The molecule has 2 nitrogen and oxygen atoms in total. The molecule has 1 aromatic rings. The van der Waals surface area contributed by atoms with Crippen molar-refractivity contribution in [2.24, 2.45) is 0 Å². The number of carbonyl (C=O) groups is 1. The van der Waals surface area contributed by atoms with Crippen LogP contribution in [-0.2, 0) is 0 Å². The Kier molecular flexibility index (Phi) is 6.35. The summed E-state index contributed by atoms with van der Waals surface area (Å²) in [4.78, 5) is 12.3. The van der Waals surface area contributed by atoms with Gasteiger partial charge in [-0.25, -0.2) is 0 Å². The molecule has 100 valence electrons. The minimum atomic E-state index is -0.178. The number of rotatable bonds is 5. The van der Waals surface area contributed by atoms with Crippen molar-refractivity contribution >= 4 is 53.7 Å². The van der Waals surface area contributed by atoms with Crippen LogP contribution < -0.4 is 5.32 Å². The van der Waals surface area contributed by atoms with Gasteiger partial charge in [0, 0.05) is 19.8 Å². The highest BCUT2D eigenvalue weighted by Crippen LogP contribution is 2.23. The van der Waals surface area contributed by atoms with Gasteiger partial charge in [0.15, 0.2) is 0 Å². The average Bonchev–Trinajstić information content (AvgIpc) is 2.32. The summed E-state index contributed by atoms with van der Waals surface area (Å²) in [5.41, 5.74) is 0.473. The van der Waals surface area contributed by atoms with Gasteiger partial charge in [0.05, 0.1) is 5.56 Å². The summed E-state index contributed by atoms with van der Waals surface area (Å²) < 4.78 is 1.70. The Morgan fingerprint density at radius 3 is 2.61 bits per heavy atom. The number of halogens is 3. The fourth-order valence-electron chi connectivity index (χ4n) is 1.55. The zero-order chi connectivity index (χ0) is 13.8. The number of benzene rings is 1. The topological polar surface area (TPSA) is 29.1 Å². The second-order valence-electron chi connectivity index (χ2n) is 4.43. The summed E-state index contributed by atoms with van der Waals surface area (Å²) >= 11 is 10.2. The molecule has 1 aromatic carbocycles. The average molecular weight is 442 g/mol. The first-order chi connectivity index (χ1) is 8.41. The molecule has 0 saturated heterocycles.